The van der Waals surface area contributed by atoms with Crippen LogP contribution in [0.1, 0.15) is 18.2 Å². The van der Waals surface area contributed by atoms with Crippen molar-refractivity contribution < 1.29 is 4.92 Å². The zero-order valence-corrected chi connectivity index (χ0v) is 12.0. The first-order chi connectivity index (χ1) is 9.52. The Hall–Kier alpha value is -2.08. The molecule has 0 spiro atoms. The maximum atomic E-state index is 11.0. The van der Waals surface area contributed by atoms with Gasteiger partial charge in [0.25, 0.3) is 5.69 Å². The Morgan fingerprint density at radius 1 is 1.50 bits per heavy atom. The third-order valence-corrected chi connectivity index (χ3v) is 3.37. The predicted molar refractivity (Wildman–Crippen MR) is 78.3 cm³/mol. The molecule has 1 N–H and O–H groups in total. The standard InChI is InChI=1S/C13H15ClN4O2/c1-3-15-12-6-10(4-5-13(12)18(19)20)8-17-9(2)11(14)7-16-17/h4-7,15H,3,8H2,1-2H3. The molecule has 0 aliphatic carbocycles. The zero-order chi connectivity index (χ0) is 14.7. The van der Waals surface area contributed by atoms with Crippen LogP contribution < -0.4 is 5.32 Å². The fraction of sp³-hybridized carbons (Fsp3) is 0.308. The van der Waals surface area contributed by atoms with Crippen molar-refractivity contribution in [2.45, 2.75) is 20.4 Å². The van der Waals surface area contributed by atoms with Crippen molar-refractivity contribution in [2.24, 2.45) is 0 Å². The molecule has 0 bridgehead atoms. The molecular formula is C13H15ClN4O2. The maximum absolute atomic E-state index is 11.0. The van der Waals surface area contributed by atoms with Crippen LogP contribution in [0.4, 0.5) is 11.4 Å². The Morgan fingerprint density at radius 2 is 2.25 bits per heavy atom. The number of nitrogens with zero attached hydrogens (tertiary/aromatic N) is 3. The van der Waals surface area contributed by atoms with Gasteiger partial charge in [0, 0.05) is 12.6 Å². The molecule has 0 aliphatic heterocycles. The summed E-state index contributed by atoms with van der Waals surface area (Å²) in [5.41, 5.74) is 2.39. The lowest BCUT2D eigenvalue weighted by molar-refractivity contribution is -0.384. The Morgan fingerprint density at radius 3 is 2.80 bits per heavy atom. The van der Waals surface area contributed by atoms with Gasteiger partial charge in [-0.2, -0.15) is 5.10 Å². The molecule has 2 aromatic rings. The number of rotatable bonds is 5. The molecule has 0 fully saturated rings. The summed E-state index contributed by atoms with van der Waals surface area (Å²) in [6.07, 6.45) is 1.59. The monoisotopic (exact) mass is 294 g/mol. The summed E-state index contributed by atoms with van der Waals surface area (Å²) in [6, 6.07) is 5.01. The number of benzene rings is 1. The number of nitrogens with one attached hydrogen (secondary N) is 1. The number of aromatic nitrogens is 2. The predicted octanol–water partition coefficient (Wildman–Crippen LogP) is 3.23. The summed E-state index contributed by atoms with van der Waals surface area (Å²) < 4.78 is 1.76. The van der Waals surface area contributed by atoms with Crippen molar-refractivity contribution in [3.8, 4) is 0 Å². The van der Waals surface area contributed by atoms with E-state index in [2.05, 4.69) is 10.4 Å². The van der Waals surface area contributed by atoms with Crippen LogP contribution >= 0.6 is 11.6 Å². The molecule has 0 saturated heterocycles. The van der Waals surface area contributed by atoms with Gasteiger partial charge in [0.15, 0.2) is 0 Å². The lowest BCUT2D eigenvalue weighted by Crippen LogP contribution is -2.06. The van der Waals surface area contributed by atoms with Gasteiger partial charge in [-0.1, -0.05) is 17.7 Å². The lowest BCUT2D eigenvalue weighted by atomic mass is 10.1. The highest BCUT2D eigenvalue weighted by molar-refractivity contribution is 6.31. The second-order valence-corrected chi connectivity index (χ2v) is 4.78. The maximum Gasteiger partial charge on any atom is 0.292 e. The van der Waals surface area contributed by atoms with E-state index in [4.69, 9.17) is 11.6 Å². The van der Waals surface area contributed by atoms with Gasteiger partial charge < -0.3 is 5.32 Å². The average molecular weight is 295 g/mol. The lowest BCUT2D eigenvalue weighted by Gasteiger charge is -2.09. The number of nitro benzene ring substituents is 1. The number of hydrogen-bond acceptors (Lipinski definition) is 4. The van der Waals surface area contributed by atoms with E-state index in [0.717, 1.165) is 11.3 Å². The van der Waals surface area contributed by atoms with Crippen LogP contribution in [0.25, 0.3) is 0 Å². The third-order valence-electron chi connectivity index (χ3n) is 3.00. The van der Waals surface area contributed by atoms with E-state index < -0.39 is 4.92 Å². The van der Waals surface area contributed by atoms with Crippen LogP contribution in [0.5, 0.6) is 0 Å². The molecule has 1 heterocycles. The molecule has 20 heavy (non-hydrogen) atoms. The highest BCUT2D eigenvalue weighted by atomic mass is 35.5. The molecule has 1 aromatic carbocycles. The molecule has 0 unspecified atom stereocenters. The van der Waals surface area contributed by atoms with Crippen LogP contribution in [0, 0.1) is 17.0 Å². The fourth-order valence-corrected chi connectivity index (χ4v) is 2.07. The van der Waals surface area contributed by atoms with Crippen LogP contribution in [0.15, 0.2) is 24.4 Å². The van der Waals surface area contributed by atoms with Crippen LogP contribution in [0.3, 0.4) is 0 Å². The molecule has 1 aromatic heterocycles. The van der Waals surface area contributed by atoms with Crippen molar-refractivity contribution in [3.63, 3.8) is 0 Å². The van der Waals surface area contributed by atoms with Gasteiger partial charge in [0.1, 0.15) is 5.69 Å². The first-order valence-electron chi connectivity index (χ1n) is 6.22. The summed E-state index contributed by atoms with van der Waals surface area (Å²) >= 11 is 5.96. The highest BCUT2D eigenvalue weighted by Crippen LogP contribution is 2.26. The number of halogens is 1. The summed E-state index contributed by atoms with van der Waals surface area (Å²) in [6.45, 7) is 4.92. The third kappa shape index (κ3) is 2.91. The second kappa shape index (κ2) is 5.92. The highest BCUT2D eigenvalue weighted by Gasteiger charge is 2.14. The average Bonchev–Trinajstić information content (AvgIpc) is 2.71. The molecule has 0 atom stereocenters. The summed E-state index contributed by atoms with van der Waals surface area (Å²) in [4.78, 5) is 10.6. The summed E-state index contributed by atoms with van der Waals surface area (Å²) in [5, 5.41) is 18.7. The second-order valence-electron chi connectivity index (χ2n) is 4.37. The van der Waals surface area contributed by atoms with Crippen molar-refractivity contribution in [3.05, 3.63) is 50.8 Å². The Balaban J connectivity index is 2.31. The normalized spacial score (nSPS) is 10.6. The Kier molecular flexibility index (Phi) is 4.24. The number of nitro groups is 1. The van der Waals surface area contributed by atoms with E-state index in [-0.39, 0.29) is 5.69 Å². The quantitative estimate of drug-likeness (QED) is 0.679. The molecule has 106 valence electrons. The minimum Gasteiger partial charge on any atom is -0.380 e. The molecule has 7 heteroatoms. The molecule has 2 rings (SSSR count). The fourth-order valence-electron chi connectivity index (χ4n) is 1.93. The summed E-state index contributed by atoms with van der Waals surface area (Å²) in [5.74, 6) is 0. The smallest absolute Gasteiger partial charge is 0.292 e. The minimum atomic E-state index is -0.391. The number of hydrogen-bond donors (Lipinski definition) is 1. The van der Waals surface area contributed by atoms with Crippen LogP contribution in [-0.4, -0.2) is 21.2 Å². The molecule has 0 saturated carbocycles. The van der Waals surface area contributed by atoms with Gasteiger partial charge in [-0.3, -0.25) is 14.8 Å². The van der Waals surface area contributed by atoms with Gasteiger partial charge in [0.05, 0.1) is 28.4 Å². The van der Waals surface area contributed by atoms with Crippen molar-refractivity contribution in [2.75, 3.05) is 11.9 Å². The van der Waals surface area contributed by atoms with E-state index in [1.807, 2.05) is 13.8 Å². The van der Waals surface area contributed by atoms with Crippen molar-refractivity contribution in [1.29, 1.82) is 0 Å². The molecule has 6 nitrogen and oxygen atoms in total. The Bertz CT molecular complexity index is 639. The zero-order valence-electron chi connectivity index (χ0n) is 11.3. The van der Waals surface area contributed by atoms with Crippen molar-refractivity contribution >= 4 is 23.0 Å². The molecular weight excluding hydrogens is 280 g/mol. The topological polar surface area (TPSA) is 73.0 Å². The van der Waals surface area contributed by atoms with E-state index in [1.165, 1.54) is 6.07 Å². The molecule has 0 aliphatic rings. The largest absolute Gasteiger partial charge is 0.380 e. The van der Waals surface area contributed by atoms with E-state index >= 15 is 0 Å². The van der Waals surface area contributed by atoms with Gasteiger partial charge in [-0.15, -0.1) is 0 Å². The van der Waals surface area contributed by atoms with Crippen LogP contribution in [0.2, 0.25) is 5.02 Å². The van der Waals surface area contributed by atoms with Gasteiger partial charge in [-0.05, 0) is 25.5 Å². The van der Waals surface area contributed by atoms with E-state index in [0.29, 0.717) is 23.8 Å². The van der Waals surface area contributed by atoms with Gasteiger partial charge in [0.2, 0.25) is 0 Å². The van der Waals surface area contributed by atoms with E-state index in [1.54, 1.807) is 23.0 Å². The van der Waals surface area contributed by atoms with Gasteiger partial charge >= 0.3 is 0 Å². The SMILES string of the molecule is CCNc1cc(Cn2ncc(Cl)c2C)ccc1[N+](=O)[O-]. The van der Waals surface area contributed by atoms with Gasteiger partial charge in [-0.25, -0.2) is 0 Å². The van der Waals surface area contributed by atoms with Crippen molar-refractivity contribution in [1.82, 2.24) is 9.78 Å². The van der Waals surface area contributed by atoms with Crippen LogP contribution in [-0.2, 0) is 6.54 Å². The molecule has 0 radical (unpaired) electrons. The van der Waals surface area contributed by atoms with E-state index in [9.17, 15) is 10.1 Å². The summed E-state index contributed by atoms with van der Waals surface area (Å²) in [7, 11) is 0. The minimum absolute atomic E-state index is 0.0748. The first-order valence-corrected chi connectivity index (χ1v) is 6.59. The Labute approximate surface area is 121 Å². The first kappa shape index (κ1) is 14.3. The number of anilines is 1. The molecule has 0 amide bonds.